The molecule has 1 rings (SSSR count). The maximum atomic E-state index is 11.0. The average Bonchev–Trinajstić information content (AvgIpc) is 2.30. The Kier molecular flexibility index (Phi) is 5.91. The second-order valence-electron chi connectivity index (χ2n) is 4.04. The van der Waals surface area contributed by atoms with Gasteiger partial charge in [0.2, 0.25) is 5.91 Å². The van der Waals surface area contributed by atoms with E-state index in [1.165, 1.54) is 19.3 Å². The first-order chi connectivity index (χ1) is 8.15. The van der Waals surface area contributed by atoms with E-state index in [4.69, 9.17) is 11.5 Å². The number of unbranched alkanes of at least 4 members (excludes halogenated alkanes) is 2. The van der Waals surface area contributed by atoms with Crippen molar-refractivity contribution in [1.82, 2.24) is 0 Å². The highest BCUT2D eigenvalue weighted by Crippen LogP contribution is 2.21. The molecule has 1 amide bonds. The van der Waals surface area contributed by atoms with Gasteiger partial charge in [0.1, 0.15) is 0 Å². The predicted octanol–water partition coefficient (Wildman–Crippen LogP) is 2.79. The first-order valence-corrected chi connectivity index (χ1v) is 7.06. The van der Waals surface area contributed by atoms with Crippen LogP contribution < -0.4 is 11.5 Å². The minimum atomic E-state index is -0.432. The zero-order valence-corrected chi connectivity index (χ0v) is 11.1. The fraction of sp³-hybridized carbons (Fsp3) is 0.462. The van der Waals surface area contributed by atoms with Crippen molar-refractivity contribution >= 4 is 23.4 Å². The van der Waals surface area contributed by atoms with E-state index in [1.807, 2.05) is 17.8 Å². The van der Waals surface area contributed by atoms with Gasteiger partial charge >= 0.3 is 0 Å². The third-order valence-electron chi connectivity index (χ3n) is 2.58. The summed E-state index contributed by atoms with van der Waals surface area (Å²) in [5.74, 6) is 1.62. The summed E-state index contributed by atoms with van der Waals surface area (Å²) in [6, 6.07) is 5.28. The molecule has 0 saturated heterocycles. The lowest BCUT2D eigenvalue weighted by Gasteiger charge is -2.06. The summed E-state index contributed by atoms with van der Waals surface area (Å²) >= 11 is 1.88. The summed E-state index contributed by atoms with van der Waals surface area (Å²) in [5.41, 5.74) is 13.3. The number of primary amides is 1. The van der Waals surface area contributed by atoms with Crippen molar-refractivity contribution in [2.45, 2.75) is 31.9 Å². The molecule has 17 heavy (non-hydrogen) atoms. The number of hydrogen-bond acceptors (Lipinski definition) is 3. The lowest BCUT2D eigenvalue weighted by atomic mass is 10.1. The van der Waals surface area contributed by atoms with Crippen molar-refractivity contribution in [2.75, 3.05) is 11.5 Å². The second-order valence-corrected chi connectivity index (χ2v) is 5.14. The molecule has 1 aromatic carbocycles. The Labute approximate surface area is 107 Å². The van der Waals surface area contributed by atoms with Crippen LogP contribution in [-0.4, -0.2) is 11.7 Å². The lowest BCUT2D eigenvalue weighted by Crippen LogP contribution is -2.11. The molecule has 0 unspecified atom stereocenters. The largest absolute Gasteiger partial charge is 0.398 e. The molecule has 0 atom stereocenters. The zero-order chi connectivity index (χ0) is 12.7. The van der Waals surface area contributed by atoms with Crippen LogP contribution in [0.4, 0.5) is 5.69 Å². The highest BCUT2D eigenvalue weighted by molar-refractivity contribution is 7.98. The number of carbonyl (C=O) groups is 1. The van der Waals surface area contributed by atoms with E-state index in [1.54, 1.807) is 12.1 Å². The summed E-state index contributed by atoms with van der Waals surface area (Å²) in [6.07, 6.45) is 3.78. The van der Waals surface area contributed by atoms with Crippen molar-refractivity contribution in [3.8, 4) is 0 Å². The highest BCUT2D eigenvalue weighted by atomic mass is 32.2. The number of thioether (sulfide) groups is 1. The quantitative estimate of drug-likeness (QED) is 0.579. The molecular formula is C13H20N2OS. The molecule has 4 heteroatoms. The third kappa shape index (κ3) is 4.69. The van der Waals surface area contributed by atoms with E-state index in [0.29, 0.717) is 11.3 Å². The molecule has 0 aliphatic heterocycles. The summed E-state index contributed by atoms with van der Waals surface area (Å²) in [7, 11) is 0. The minimum absolute atomic E-state index is 0.432. The molecule has 0 aromatic heterocycles. The number of rotatable bonds is 7. The van der Waals surface area contributed by atoms with Gasteiger partial charge in [0.05, 0.1) is 0 Å². The van der Waals surface area contributed by atoms with Crippen LogP contribution in [0.15, 0.2) is 18.2 Å². The van der Waals surface area contributed by atoms with Crippen LogP contribution >= 0.6 is 11.8 Å². The number of amides is 1. The van der Waals surface area contributed by atoms with Gasteiger partial charge in [0.15, 0.2) is 0 Å². The monoisotopic (exact) mass is 252 g/mol. The van der Waals surface area contributed by atoms with E-state index in [0.717, 1.165) is 17.1 Å². The Balaban J connectivity index is 2.46. The first-order valence-electron chi connectivity index (χ1n) is 5.91. The first kappa shape index (κ1) is 13.9. The molecule has 0 saturated carbocycles. The van der Waals surface area contributed by atoms with E-state index >= 15 is 0 Å². The molecule has 0 aliphatic carbocycles. The van der Waals surface area contributed by atoms with E-state index in [9.17, 15) is 4.79 Å². The summed E-state index contributed by atoms with van der Waals surface area (Å²) in [5, 5.41) is 0. The normalized spacial score (nSPS) is 10.4. The predicted molar refractivity (Wildman–Crippen MR) is 75.1 cm³/mol. The van der Waals surface area contributed by atoms with Gasteiger partial charge < -0.3 is 11.5 Å². The van der Waals surface area contributed by atoms with Crippen LogP contribution in [0.3, 0.4) is 0 Å². The number of hydrogen-bond donors (Lipinski definition) is 2. The number of nitrogens with two attached hydrogens (primary N) is 2. The molecule has 1 aromatic rings. The molecule has 94 valence electrons. The molecule has 0 radical (unpaired) electrons. The Hall–Kier alpha value is -1.16. The van der Waals surface area contributed by atoms with Crippen LogP contribution in [0.25, 0.3) is 0 Å². The van der Waals surface area contributed by atoms with Crippen LogP contribution in [-0.2, 0) is 5.75 Å². The molecule has 0 spiro atoms. The molecule has 0 bridgehead atoms. The Morgan fingerprint density at radius 3 is 2.71 bits per heavy atom. The van der Waals surface area contributed by atoms with Gasteiger partial charge in [-0.2, -0.15) is 11.8 Å². The number of nitrogen functional groups attached to an aromatic ring is 1. The lowest BCUT2D eigenvalue weighted by molar-refractivity contribution is 0.100. The highest BCUT2D eigenvalue weighted by Gasteiger charge is 2.04. The van der Waals surface area contributed by atoms with Crippen molar-refractivity contribution in [2.24, 2.45) is 5.73 Å². The maximum absolute atomic E-state index is 11.0. The van der Waals surface area contributed by atoms with Gasteiger partial charge in [-0.3, -0.25) is 4.79 Å². The number of carbonyl (C=O) groups excluding carboxylic acids is 1. The summed E-state index contributed by atoms with van der Waals surface area (Å²) in [6.45, 7) is 2.20. The van der Waals surface area contributed by atoms with Crippen LogP contribution in [0.2, 0.25) is 0 Å². The van der Waals surface area contributed by atoms with Crippen LogP contribution in [0.5, 0.6) is 0 Å². The van der Waals surface area contributed by atoms with Gasteiger partial charge in [-0.25, -0.2) is 0 Å². The van der Waals surface area contributed by atoms with Crippen molar-refractivity contribution in [3.63, 3.8) is 0 Å². The smallest absolute Gasteiger partial charge is 0.248 e. The fourth-order valence-corrected chi connectivity index (χ4v) is 2.55. The Morgan fingerprint density at radius 1 is 1.35 bits per heavy atom. The standard InChI is InChI=1S/C13H20N2OS/c1-2-3-4-7-17-9-11-6-5-10(13(15)16)8-12(11)14/h5-6,8H,2-4,7,9,14H2,1H3,(H2,15,16). The number of benzene rings is 1. The Bertz CT molecular complexity index is 380. The molecule has 0 heterocycles. The maximum Gasteiger partial charge on any atom is 0.248 e. The minimum Gasteiger partial charge on any atom is -0.398 e. The summed E-state index contributed by atoms with van der Waals surface area (Å²) < 4.78 is 0. The van der Waals surface area contributed by atoms with E-state index in [2.05, 4.69) is 6.92 Å². The molecule has 3 nitrogen and oxygen atoms in total. The molecular weight excluding hydrogens is 232 g/mol. The summed E-state index contributed by atoms with van der Waals surface area (Å²) in [4.78, 5) is 11.0. The van der Waals surface area contributed by atoms with Crippen molar-refractivity contribution in [3.05, 3.63) is 29.3 Å². The average molecular weight is 252 g/mol. The molecule has 0 aliphatic rings. The van der Waals surface area contributed by atoms with Crippen LogP contribution in [0.1, 0.15) is 42.1 Å². The van der Waals surface area contributed by atoms with Gasteiger partial charge in [0, 0.05) is 17.0 Å². The Morgan fingerprint density at radius 2 is 2.12 bits per heavy atom. The van der Waals surface area contributed by atoms with Gasteiger partial charge in [0.25, 0.3) is 0 Å². The van der Waals surface area contributed by atoms with E-state index in [-0.39, 0.29) is 0 Å². The topological polar surface area (TPSA) is 69.1 Å². The van der Waals surface area contributed by atoms with Gasteiger partial charge in [-0.05, 0) is 29.9 Å². The fourth-order valence-electron chi connectivity index (χ4n) is 1.52. The number of anilines is 1. The third-order valence-corrected chi connectivity index (χ3v) is 3.67. The van der Waals surface area contributed by atoms with E-state index < -0.39 is 5.91 Å². The second kappa shape index (κ2) is 7.22. The SMILES string of the molecule is CCCCCSCc1ccc(C(N)=O)cc1N. The van der Waals surface area contributed by atoms with Crippen LogP contribution in [0, 0.1) is 0 Å². The van der Waals surface area contributed by atoms with Crippen molar-refractivity contribution in [1.29, 1.82) is 0 Å². The van der Waals surface area contributed by atoms with Gasteiger partial charge in [-0.15, -0.1) is 0 Å². The zero-order valence-electron chi connectivity index (χ0n) is 10.2. The van der Waals surface area contributed by atoms with Gasteiger partial charge in [-0.1, -0.05) is 25.8 Å². The van der Waals surface area contributed by atoms with Crippen molar-refractivity contribution < 1.29 is 4.79 Å². The molecule has 0 fully saturated rings. The molecule has 4 N–H and O–H groups in total.